The highest BCUT2D eigenvalue weighted by Gasteiger charge is 2.26. The van der Waals surface area contributed by atoms with Crippen molar-refractivity contribution in [3.63, 3.8) is 0 Å². The lowest BCUT2D eigenvalue weighted by Crippen LogP contribution is -2.50. The molecular formula is C12H17ClFNO2. The van der Waals surface area contributed by atoms with Gasteiger partial charge in [-0.15, -0.1) is 0 Å². The van der Waals surface area contributed by atoms with Gasteiger partial charge in [0.25, 0.3) is 0 Å². The third-order valence-corrected chi connectivity index (χ3v) is 3.34. The molecule has 0 aliphatic heterocycles. The summed E-state index contributed by atoms with van der Waals surface area (Å²) >= 11 is 5.88. The van der Waals surface area contributed by atoms with Gasteiger partial charge in [0, 0.05) is 17.1 Å². The second-order valence-corrected chi connectivity index (χ2v) is 4.41. The number of aliphatic hydroxyl groups excluding tert-OH is 2. The van der Waals surface area contributed by atoms with E-state index in [-0.39, 0.29) is 19.8 Å². The minimum absolute atomic E-state index is 0.167. The third kappa shape index (κ3) is 3.39. The van der Waals surface area contributed by atoms with Crippen LogP contribution in [0.4, 0.5) is 4.39 Å². The molecule has 0 aliphatic rings. The Labute approximate surface area is 105 Å². The molecule has 3 N–H and O–H groups in total. The standard InChI is InChI=1S/C12H17ClFNO2/c1-2-12(7-16,8-17)15-6-9-10(13)4-3-5-11(9)14/h3-5,15-17H,2,6-8H2,1H3. The zero-order valence-electron chi connectivity index (χ0n) is 9.71. The molecule has 0 spiro atoms. The zero-order chi connectivity index (χ0) is 12.9. The lowest BCUT2D eigenvalue weighted by molar-refractivity contribution is 0.0861. The summed E-state index contributed by atoms with van der Waals surface area (Å²) in [6.07, 6.45) is 0.534. The number of benzene rings is 1. The average Bonchev–Trinajstić information content (AvgIpc) is 2.34. The van der Waals surface area contributed by atoms with Crippen molar-refractivity contribution >= 4 is 11.6 Å². The second-order valence-electron chi connectivity index (χ2n) is 4.00. The minimum atomic E-state index is -0.800. The summed E-state index contributed by atoms with van der Waals surface area (Å²) in [7, 11) is 0. The van der Waals surface area contributed by atoms with Crippen LogP contribution in [0.25, 0.3) is 0 Å². The van der Waals surface area contributed by atoms with Gasteiger partial charge in [0.15, 0.2) is 0 Å². The summed E-state index contributed by atoms with van der Waals surface area (Å²) in [6.45, 7) is 1.57. The maximum absolute atomic E-state index is 13.5. The van der Waals surface area contributed by atoms with Gasteiger partial charge in [-0.1, -0.05) is 24.6 Å². The van der Waals surface area contributed by atoms with Crippen LogP contribution in [0.15, 0.2) is 18.2 Å². The van der Waals surface area contributed by atoms with Gasteiger partial charge in [-0.25, -0.2) is 4.39 Å². The van der Waals surface area contributed by atoms with Crippen LogP contribution in [-0.4, -0.2) is 29.0 Å². The molecule has 0 aromatic heterocycles. The van der Waals surface area contributed by atoms with Gasteiger partial charge in [0.05, 0.1) is 18.8 Å². The van der Waals surface area contributed by atoms with E-state index < -0.39 is 11.4 Å². The van der Waals surface area contributed by atoms with Crippen molar-refractivity contribution in [3.8, 4) is 0 Å². The van der Waals surface area contributed by atoms with Gasteiger partial charge in [-0.2, -0.15) is 0 Å². The first kappa shape index (κ1) is 14.4. The molecule has 1 aromatic carbocycles. The fourth-order valence-corrected chi connectivity index (χ4v) is 1.72. The van der Waals surface area contributed by atoms with Gasteiger partial charge in [0.2, 0.25) is 0 Å². The van der Waals surface area contributed by atoms with Crippen LogP contribution in [0.2, 0.25) is 5.02 Å². The van der Waals surface area contributed by atoms with Crippen molar-refractivity contribution in [1.82, 2.24) is 5.32 Å². The van der Waals surface area contributed by atoms with E-state index >= 15 is 0 Å². The molecule has 1 rings (SSSR count). The predicted molar refractivity (Wildman–Crippen MR) is 65.4 cm³/mol. The molecule has 96 valence electrons. The van der Waals surface area contributed by atoms with E-state index in [2.05, 4.69) is 5.32 Å². The summed E-state index contributed by atoms with van der Waals surface area (Å²) in [5.41, 5.74) is -0.458. The molecular weight excluding hydrogens is 245 g/mol. The van der Waals surface area contributed by atoms with E-state index in [0.717, 1.165) is 0 Å². The smallest absolute Gasteiger partial charge is 0.129 e. The number of aliphatic hydroxyl groups is 2. The molecule has 0 heterocycles. The van der Waals surface area contributed by atoms with Gasteiger partial charge >= 0.3 is 0 Å². The van der Waals surface area contributed by atoms with E-state index in [4.69, 9.17) is 11.6 Å². The van der Waals surface area contributed by atoms with Crippen molar-refractivity contribution in [1.29, 1.82) is 0 Å². The van der Waals surface area contributed by atoms with E-state index in [0.29, 0.717) is 17.0 Å². The molecule has 17 heavy (non-hydrogen) atoms. The van der Waals surface area contributed by atoms with Crippen LogP contribution in [0.3, 0.4) is 0 Å². The van der Waals surface area contributed by atoms with Crippen LogP contribution >= 0.6 is 11.6 Å². The lowest BCUT2D eigenvalue weighted by atomic mass is 9.98. The fourth-order valence-electron chi connectivity index (χ4n) is 1.49. The normalized spacial score (nSPS) is 11.8. The van der Waals surface area contributed by atoms with E-state index in [1.165, 1.54) is 12.1 Å². The number of rotatable bonds is 6. The number of hydrogen-bond acceptors (Lipinski definition) is 3. The Kier molecular flexibility index (Phi) is 5.33. The molecule has 0 saturated carbocycles. The van der Waals surface area contributed by atoms with Gasteiger partial charge in [-0.05, 0) is 18.6 Å². The summed E-state index contributed by atoms with van der Waals surface area (Å²) in [5.74, 6) is -0.397. The first-order valence-corrected chi connectivity index (χ1v) is 5.86. The average molecular weight is 262 g/mol. The molecule has 0 radical (unpaired) electrons. The Morgan fingerprint density at radius 3 is 2.47 bits per heavy atom. The number of hydrogen-bond donors (Lipinski definition) is 3. The quantitative estimate of drug-likeness (QED) is 0.731. The van der Waals surface area contributed by atoms with Crippen molar-refractivity contribution in [2.24, 2.45) is 0 Å². The molecule has 0 aliphatic carbocycles. The molecule has 0 unspecified atom stereocenters. The monoisotopic (exact) mass is 261 g/mol. The molecule has 5 heteroatoms. The molecule has 3 nitrogen and oxygen atoms in total. The second kappa shape index (κ2) is 6.31. The fraction of sp³-hybridized carbons (Fsp3) is 0.500. The molecule has 0 amide bonds. The van der Waals surface area contributed by atoms with Crippen molar-refractivity contribution < 1.29 is 14.6 Å². The number of nitrogens with one attached hydrogen (secondary N) is 1. The third-order valence-electron chi connectivity index (χ3n) is 2.98. The van der Waals surface area contributed by atoms with Crippen molar-refractivity contribution in [2.75, 3.05) is 13.2 Å². The first-order valence-electron chi connectivity index (χ1n) is 5.48. The summed E-state index contributed by atoms with van der Waals surface area (Å²) in [5, 5.41) is 21.8. The summed E-state index contributed by atoms with van der Waals surface area (Å²) < 4.78 is 13.5. The molecule has 0 atom stereocenters. The van der Waals surface area contributed by atoms with Gasteiger partial charge < -0.3 is 15.5 Å². The Bertz CT molecular complexity index is 341. The van der Waals surface area contributed by atoms with E-state index in [1.54, 1.807) is 6.07 Å². The predicted octanol–water partition coefficient (Wildman–Crippen LogP) is 1.70. The lowest BCUT2D eigenvalue weighted by Gasteiger charge is -2.30. The van der Waals surface area contributed by atoms with Crippen LogP contribution in [0, 0.1) is 5.82 Å². The van der Waals surface area contributed by atoms with Gasteiger partial charge in [0.1, 0.15) is 5.82 Å². The zero-order valence-corrected chi connectivity index (χ0v) is 10.5. The summed E-state index contributed by atoms with van der Waals surface area (Å²) in [6, 6.07) is 4.47. The Hall–Kier alpha value is -0.680. The van der Waals surface area contributed by atoms with Gasteiger partial charge in [-0.3, -0.25) is 0 Å². The number of halogens is 2. The first-order chi connectivity index (χ1) is 8.08. The highest BCUT2D eigenvalue weighted by atomic mass is 35.5. The highest BCUT2D eigenvalue weighted by molar-refractivity contribution is 6.31. The molecule has 1 aromatic rings. The van der Waals surface area contributed by atoms with E-state index in [9.17, 15) is 14.6 Å². The SMILES string of the molecule is CCC(CO)(CO)NCc1c(F)cccc1Cl. The van der Waals surface area contributed by atoms with Crippen molar-refractivity contribution in [3.05, 3.63) is 34.6 Å². The van der Waals surface area contributed by atoms with E-state index in [1.807, 2.05) is 6.92 Å². The Balaban J connectivity index is 2.79. The van der Waals surface area contributed by atoms with Crippen LogP contribution in [0.1, 0.15) is 18.9 Å². The Morgan fingerprint density at radius 1 is 1.35 bits per heavy atom. The molecule has 0 fully saturated rings. The highest BCUT2D eigenvalue weighted by Crippen LogP contribution is 2.20. The largest absolute Gasteiger partial charge is 0.394 e. The van der Waals surface area contributed by atoms with Crippen LogP contribution in [-0.2, 0) is 6.54 Å². The van der Waals surface area contributed by atoms with Crippen LogP contribution < -0.4 is 5.32 Å². The van der Waals surface area contributed by atoms with Crippen LogP contribution in [0.5, 0.6) is 0 Å². The molecule has 0 bridgehead atoms. The van der Waals surface area contributed by atoms with Crippen molar-refractivity contribution in [2.45, 2.75) is 25.4 Å². The maximum atomic E-state index is 13.5. The minimum Gasteiger partial charge on any atom is -0.394 e. The maximum Gasteiger partial charge on any atom is 0.129 e. The topological polar surface area (TPSA) is 52.5 Å². The molecule has 0 saturated heterocycles. The summed E-state index contributed by atoms with van der Waals surface area (Å²) in [4.78, 5) is 0. The Morgan fingerprint density at radius 2 is 2.00 bits per heavy atom.